The topological polar surface area (TPSA) is 38.0 Å². The van der Waals surface area contributed by atoms with Crippen LogP contribution in [0, 0.1) is 5.82 Å². The van der Waals surface area contributed by atoms with Crippen LogP contribution in [0.2, 0.25) is 5.02 Å². The van der Waals surface area contributed by atoms with Crippen molar-refractivity contribution in [3.8, 4) is 0 Å². The summed E-state index contributed by atoms with van der Waals surface area (Å²) in [6.45, 7) is 6.88. The maximum absolute atomic E-state index is 13.1. The number of hydrogen-bond donors (Lipinski definition) is 3. The molecule has 4 nitrogen and oxygen atoms in total. The number of piperazine rings is 1. The first-order valence-corrected chi connectivity index (χ1v) is 10.1. The summed E-state index contributed by atoms with van der Waals surface area (Å²) < 4.78 is 13.1. The van der Waals surface area contributed by atoms with Gasteiger partial charge in [-0.05, 0) is 36.8 Å². The van der Waals surface area contributed by atoms with E-state index in [9.17, 15) is 9.18 Å². The molecule has 0 aromatic heterocycles. The molecule has 2 aromatic carbocycles. The van der Waals surface area contributed by atoms with E-state index in [0.717, 1.165) is 32.7 Å². The van der Waals surface area contributed by atoms with Crippen molar-refractivity contribution in [2.75, 3.05) is 38.0 Å². The molecule has 0 radical (unpaired) electrons. The molecule has 0 saturated carbocycles. The molecule has 2 aromatic rings. The number of quaternary nitrogens is 2. The average Bonchev–Trinajstić information content (AvgIpc) is 2.71. The van der Waals surface area contributed by atoms with E-state index in [1.165, 1.54) is 33.6 Å². The molecule has 28 heavy (non-hydrogen) atoms. The lowest BCUT2D eigenvalue weighted by Crippen LogP contribution is -3.29. The Morgan fingerprint density at radius 1 is 1.18 bits per heavy atom. The first-order valence-electron chi connectivity index (χ1n) is 9.68. The van der Waals surface area contributed by atoms with Crippen LogP contribution in [0.25, 0.3) is 6.08 Å². The van der Waals surface area contributed by atoms with E-state index in [1.54, 1.807) is 0 Å². The molecule has 3 N–H and O–H groups in total. The summed E-state index contributed by atoms with van der Waals surface area (Å²) in [6.07, 6.45) is 4.39. The Morgan fingerprint density at radius 3 is 2.57 bits per heavy atom. The molecule has 0 bridgehead atoms. The van der Waals surface area contributed by atoms with Crippen LogP contribution in [0.4, 0.5) is 10.1 Å². The van der Waals surface area contributed by atoms with Crippen molar-refractivity contribution in [2.24, 2.45) is 0 Å². The summed E-state index contributed by atoms with van der Waals surface area (Å²) >= 11 is 6.00. The van der Waals surface area contributed by atoms with Gasteiger partial charge in [0.15, 0.2) is 6.04 Å². The quantitative estimate of drug-likeness (QED) is 0.668. The van der Waals surface area contributed by atoms with Gasteiger partial charge >= 0.3 is 0 Å². The van der Waals surface area contributed by atoms with Gasteiger partial charge in [0.2, 0.25) is 0 Å². The average molecular weight is 404 g/mol. The van der Waals surface area contributed by atoms with Crippen LogP contribution in [0.15, 0.2) is 54.6 Å². The molecule has 1 aliphatic heterocycles. The van der Waals surface area contributed by atoms with Crippen LogP contribution >= 0.6 is 11.6 Å². The molecule has 0 spiro atoms. The standard InChI is InChI=1S/C22H25ClFN3O/c1-17(22(28)25-21-10-9-19(24)16-20(21)23)27-14-12-26(13-15-27)11-5-8-18-6-3-2-4-7-18/h2-10,16-17H,11-15H2,1H3,(H,25,28)/p+2/b8-5+/t17-/m0/s1. The van der Waals surface area contributed by atoms with E-state index in [-0.39, 0.29) is 17.0 Å². The number of benzene rings is 2. The van der Waals surface area contributed by atoms with Crippen LogP contribution in [0.1, 0.15) is 12.5 Å². The maximum Gasteiger partial charge on any atom is 0.282 e. The Bertz CT molecular complexity index is 820. The molecule has 1 atom stereocenters. The Balaban J connectivity index is 1.46. The molecular formula is C22H27ClFN3O+2. The van der Waals surface area contributed by atoms with Crippen molar-refractivity contribution < 1.29 is 19.0 Å². The van der Waals surface area contributed by atoms with E-state index < -0.39 is 5.82 Å². The largest absolute Gasteiger partial charge is 0.322 e. The van der Waals surface area contributed by atoms with Crippen molar-refractivity contribution in [1.82, 2.24) is 0 Å². The van der Waals surface area contributed by atoms with E-state index in [4.69, 9.17) is 11.6 Å². The third-order valence-electron chi connectivity index (χ3n) is 5.31. The van der Waals surface area contributed by atoms with Crippen molar-refractivity contribution in [2.45, 2.75) is 13.0 Å². The van der Waals surface area contributed by atoms with Crippen molar-refractivity contribution in [3.05, 3.63) is 71.0 Å². The highest BCUT2D eigenvalue weighted by molar-refractivity contribution is 6.33. The van der Waals surface area contributed by atoms with Gasteiger partial charge in [0.1, 0.15) is 32.0 Å². The minimum absolute atomic E-state index is 0.0871. The first-order chi connectivity index (χ1) is 13.5. The SMILES string of the molecule is C[C@@H](C(=O)Nc1ccc(F)cc1Cl)[NH+]1CC[NH+](C/C=C/c2ccccc2)CC1. The van der Waals surface area contributed by atoms with Crippen LogP contribution in [-0.2, 0) is 4.79 Å². The molecule has 1 fully saturated rings. The fourth-order valence-electron chi connectivity index (χ4n) is 3.50. The van der Waals surface area contributed by atoms with Crippen LogP contribution < -0.4 is 15.1 Å². The highest BCUT2D eigenvalue weighted by Crippen LogP contribution is 2.22. The third kappa shape index (κ3) is 5.64. The third-order valence-corrected chi connectivity index (χ3v) is 5.62. The molecule has 3 rings (SSSR count). The number of anilines is 1. The molecule has 1 amide bonds. The van der Waals surface area contributed by atoms with Gasteiger partial charge in [-0.1, -0.05) is 48.0 Å². The summed E-state index contributed by atoms with van der Waals surface area (Å²) in [7, 11) is 0. The molecule has 1 aliphatic rings. The van der Waals surface area contributed by atoms with E-state index in [1.807, 2.05) is 25.1 Å². The number of halogens is 2. The highest BCUT2D eigenvalue weighted by Gasteiger charge is 2.30. The highest BCUT2D eigenvalue weighted by atomic mass is 35.5. The molecule has 1 saturated heterocycles. The van der Waals surface area contributed by atoms with Gasteiger partial charge in [-0.15, -0.1) is 0 Å². The molecule has 0 unspecified atom stereocenters. The molecule has 6 heteroatoms. The first kappa shape index (κ1) is 20.5. The van der Waals surface area contributed by atoms with Gasteiger partial charge in [0.05, 0.1) is 17.3 Å². The number of nitrogens with one attached hydrogen (secondary N) is 3. The predicted octanol–water partition coefficient (Wildman–Crippen LogP) is 1.30. The monoisotopic (exact) mass is 403 g/mol. The van der Waals surface area contributed by atoms with Gasteiger partial charge in [-0.2, -0.15) is 0 Å². The molecule has 0 aliphatic carbocycles. The summed E-state index contributed by atoms with van der Waals surface area (Å²) in [4.78, 5) is 15.4. The zero-order valence-electron chi connectivity index (χ0n) is 16.1. The van der Waals surface area contributed by atoms with Crippen LogP contribution in [-0.4, -0.2) is 44.7 Å². The van der Waals surface area contributed by atoms with E-state index >= 15 is 0 Å². The van der Waals surface area contributed by atoms with Crippen LogP contribution in [0.5, 0.6) is 0 Å². The number of amides is 1. The Labute approximate surface area is 170 Å². The summed E-state index contributed by atoms with van der Waals surface area (Å²) in [6, 6.07) is 14.1. The minimum atomic E-state index is -0.415. The number of rotatable bonds is 6. The lowest BCUT2D eigenvalue weighted by atomic mass is 10.2. The maximum atomic E-state index is 13.1. The Hall–Kier alpha value is -2.21. The van der Waals surface area contributed by atoms with Crippen molar-refractivity contribution in [1.29, 1.82) is 0 Å². The molecule has 1 heterocycles. The lowest BCUT2D eigenvalue weighted by molar-refractivity contribution is -1.02. The summed E-state index contributed by atoms with van der Waals surface area (Å²) in [5.74, 6) is -0.502. The zero-order chi connectivity index (χ0) is 19.9. The second-order valence-electron chi connectivity index (χ2n) is 7.26. The summed E-state index contributed by atoms with van der Waals surface area (Å²) in [5.41, 5.74) is 1.67. The predicted molar refractivity (Wildman–Crippen MR) is 111 cm³/mol. The molecule has 148 valence electrons. The zero-order valence-corrected chi connectivity index (χ0v) is 16.8. The second kappa shape index (κ2) is 9.82. The minimum Gasteiger partial charge on any atom is -0.322 e. The fourth-order valence-corrected chi connectivity index (χ4v) is 3.72. The lowest BCUT2D eigenvalue weighted by Gasteiger charge is -2.32. The fraction of sp³-hybridized carbons (Fsp3) is 0.318. The van der Waals surface area contributed by atoms with Crippen molar-refractivity contribution >= 4 is 29.3 Å². The van der Waals surface area contributed by atoms with Crippen molar-refractivity contribution in [3.63, 3.8) is 0 Å². The number of hydrogen-bond acceptors (Lipinski definition) is 1. The van der Waals surface area contributed by atoms with Gasteiger partial charge < -0.3 is 15.1 Å². The van der Waals surface area contributed by atoms with E-state index in [2.05, 4.69) is 29.6 Å². The normalized spacial score (nSPS) is 20.8. The second-order valence-corrected chi connectivity index (χ2v) is 7.67. The number of carbonyl (C=O) groups is 1. The van der Waals surface area contributed by atoms with Gasteiger partial charge in [-0.25, -0.2) is 4.39 Å². The smallest absolute Gasteiger partial charge is 0.282 e. The number of carbonyl (C=O) groups excluding carboxylic acids is 1. The Morgan fingerprint density at radius 2 is 1.89 bits per heavy atom. The summed E-state index contributed by atoms with van der Waals surface area (Å²) in [5, 5.41) is 3.04. The van der Waals surface area contributed by atoms with Gasteiger partial charge in [-0.3, -0.25) is 4.79 Å². The van der Waals surface area contributed by atoms with Crippen LogP contribution in [0.3, 0.4) is 0 Å². The van der Waals surface area contributed by atoms with E-state index in [0.29, 0.717) is 5.69 Å². The van der Waals surface area contributed by atoms with Gasteiger partial charge in [0, 0.05) is 0 Å². The Kier molecular flexibility index (Phi) is 7.20. The van der Waals surface area contributed by atoms with Gasteiger partial charge in [0.25, 0.3) is 5.91 Å². The molecular weight excluding hydrogens is 377 g/mol.